The molecule has 0 spiro atoms. The number of rotatable bonds is 2. The second kappa shape index (κ2) is 4.76. The van der Waals surface area contributed by atoms with Gasteiger partial charge in [-0.25, -0.2) is 0 Å². The maximum Gasteiger partial charge on any atom is 0.255 e. The van der Waals surface area contributed by atoms with Crippen LogP contribution in [0.1, 0.15) is 21.5 Å². The second-order valence-electron chi connectivity index (χ2n) is 4.82. The first-order chi connectivity index (χ1) is 9.24. The van der Waals surface area contributed by atoms with Crippen LogP contribution in [0, 0.1) is 6.92 Å². The Kier molecular flexibility index (Phi) is 2.95. The molecule has 0 aliphatic carbocycles. The summed E-state index contributed by atoms with van der Waals surface area (Å²) in [5, 5.41) is 6.27. The van der Waals surface area contributed by atoms with Crippen molar-refractivity contribution in [1.29, 1.82) is 0 Å². The van der Waals surface area contributed by atoms with Gasteiger partial charge in [0, 0.05) is 23.5 Å². The van der Waals surface area contributed by atoms with E-state index in [-0.39, 0.29) is 5.91 Å². The fraction of sp³-hybridized carbons (Fsp3) is 0.188. The van der Waals surface area contributed by atoms with Gasteiger partial charge in [-0.2, -0.15) is 0 Å². The van der Waals surface area contributed by atoms with Crippen molar-refractivity contribution in [2.24, 2.45) is 0 Å². The van der Waals surface area contributed by atoms with Gasteiger partial charge in [-0.15, -0.1) is 0 Å². The first kappa shape index (κ1) is 11.8. The van der Waals surface area contributed by atoms with Crippen LogP contribution in [0.15, 0.2) is 42.5 Å². The van der Waals surface area contributed by atoms with Crippen LogP contribution in [0.25, 0.3) is 0 Å². The van der Waals surface area contributed by atoms with E-state index in [1.54, 1.807) is 0 Å². The lowest BCUT2D eigenvalue weighted by atomic mass is 10.1. The van der Waals surface area contributed by atoms with Crippen LogP contribution in [0.5, 0.6) is 0 Å². The van der Waals surface area contributed by atoms with Crippen molar-refractivity contribution in [2.75, 3.05) is 17.2 Å². The van der Waals surface area contributed by atoms with E-state index in [9.17, 15) is 4.79 Å². The van der Waals surface area contributed by atoms with Crippen LogP contribution >= 0.6 is 0 Å². The Hall–Kier alpha value is -2.29. The van der Waals surface area contributed by atoms with Gasteiger partial charge >= 0.3 is 0 Å². The van der Waals surface area contributed by atoms with E-state index in [4.69, 9.17) is 0 Å². The van der Waals surface area contributed by atoms with Crippen molar-refractivity contribution in [3.8, 4) is 0 Å². The normalized spacial score (nSPS) is 12.7. The molecule has 2 N–H and O–H groups in total. The van der Waals surface area contributed by atoms with Gasteiger partial charge in [0.15, 0.2) is 0 Å². The zero-order chi connectivity index (χ0) is 13.2. The molecule has 1 aliphatic rings. The van der Waals surface area contributed by atoms with E-state index in [1.807, 2.05) is 49.4 Å². The molecule has 0 saturated carbocycles. The predicted octanol–water partition coefficient (Wildman–Crippen LogP) is 3.22. The monoisotopic (exact) mass is 252 g/mol. The summed E-state index contributed by atoms with van der Waals surface area (Å²) in [6, 6.07) is 13.6. The molecule has 2 aromatic rings. The quantitative estimate of drug-likeness (QED) is 0.861. The van der Waals surface area contributed by atoms with Crippen LogP contribution in [-0.4, -0.2) is 12.5 Å². The molecule has 2 aromatic carbocycles. The number of amides is 1. The molecule has 0 aromatic heterocycles. The Balaban J connectivity index is 1.82. The van der Waals surface area contributed by atoms with Crippen LogP contribution in [0.4, 0.5) is 11.4 Å². The average Bonchev–Trinajstić information content (AvgIpc) is 2.86. The topological polar surface area (TPSA) is 41.1 Å². The van der Waals surface area contributed by atoms with E-state index in [0.717, 1.165) is 29.8 Å². The molecule has 1 heterocycles. The fourth-order valence-electron chi connectivity index (χ4n) is 2.41. The SMILES string of the molecule is Cc1ccccc1C(=O)Nc1ccc2c(c1)CCN2. The van der Waals surface area contributed by atoms with Gasteiger partial charge in [-0.3, -0.25) is 4.79 Å². The highest BCUT2D eigenvalue weighted by molar-refractivity contribution is 6.05. The van der Waals surface area contributed by atoms with Gasteiger partial charge in [0.2, 0.25) is 0 Å². The minimum Gasteiger partial charge on any atom is -0.384 e. The zero-order valence-corrected chi connectivity index (χ0v) is 10.9. The van der Waals surface area contributed by atoms with Crippen LogP contribution in [0.3, 0.4) is 0 Å². The molecule has 19 heavy (non-hydrogen) atoms. The Morgan fingerprint density at radius 1 is 1.21 bits per heavy atom. The summed E-state index contributed by atoms with van der Waals surface area (Å²) >= 11 is 0. The lowest BCUT2D eigenvalue weighted by Crippen LogP contribution is -2.13. The number of benzene rings is 2. The number of hydrogen-bond acceptors (Lipinski definition) is 2. The predicted molar refractivity (Wildman–Crippen MR) is 77.8 cm³/mol. The molecule has 0 bridgehead atoms. The highest BCUT2D eigenvalue weighted by atomic mass is 16.1. The third kappa shape index (κ3) is 2.32. The van der Waals surface area contributed by atoms with Crippen molar-refractivity contribution in [3.63, 3.8) is 0 Å². The Morgan fingerprint density at radius 3 is 2.89 bits per heavy atom. The summed E-state index contributed by atoms with van der Waals surface area (Å²) in [7, 11) is 0. The van der Waals surface area contributed by atoms with Gasteiger partial charge in [0.05, 0.1) is 0 Å². The molecule has 0 saturated heterocycles. The third-order valence-corrected chi connectivity index (χ3v) is 3.46. The molecule has 96 valence electrons. The minimum absolute atomic E-state index is 0.0518. The van der Waals surface area contributed by atoms with Gasteiger partial charge in [-0.05, 0) is 48.7 Å². The fourth-order valence-corrected chi connectivity index (χ4v) is 2.41. The van der Waals surface area contributed by atoms with Crippen molar-refractivity contribution < 1.29 is 4.79 Å². The van der Waals surface area contributed by atoms with E-state index >= 15 is 0 Å². The van der Waals surface area contributed by atoms with Crippen molar-refractivity contribution in [2.45, 2.75) is 13.3 Å². The molecule has 0 fully saturated rings. The largest absolute Gasteiger partial charge is 0.384 e. The van der Waals surface area contributed by atoms with Crippen molar-refractivity contribution in [3.05, 3.63) is 59.2 Å². The standard InChI is InChI=1S/C16H16N2O/c1-11-4-2-3-5-14(11)16(19)18-13-6-7-15-12(10-13)8-9-17-15/h2-7,10,17H,8-9H2,1H3,(H,18,19). The lowest BCUT2D eigenvalue weighted by Gasteiger charge is -2.09. The molecule has 0 atom stereocenters. The van der Waals surface area contributed by atoms with Crippen LogP contribution < -0.4 is 10.6 Å². The number of hydrogen-bond donors (Lipinski definition) is 2. The third-order valence-electron chi connectivity index (χ3n) is 3.46. The number of aryl methyl sites for hydroxylation is 1. The number of anilines is 2. The summed E-state index contributed by atoms with van der Waals surface area (Å²) in [4.78, 5) is 12.2. The highest BCUT2D eigenvalue weighted by Crippen LogP contribution is 2.25. The van der Waals surface area contributed by atoms with Crippen LogP contribution in [0.2, 0.25) is 0 Å². The van der Waals surface area contributed by atoms with Crippen molar-refractivity contribution >= 4 is 17.3 Å². The minimum atomic E-state index is -0.0518. The first-order valence-electron chi connectivity index (χ1n) is 6.48. The smallest absolute Gasteiger partial charge is 0.255 e. The van der Waals surface area contributed by atoms with E-state index in [1.165, 1.54) is 11.3 Å². The molecule has 1 aliphatic heterocycles. The molecule has 3 rings (SSSR count). The Morgan fingerprint density at radius 2 is 2.05 bits per heavy atom. The number of carbonyl (C=O) groups is 1. The number of nitrogens with one attached hydrogen (secondary N) is 2. The molecular formula is C16H16N2O. The molecule has 0 radical (unpaired) electrons. The van der Waals surface area contributed by atoms with E-state index in [0.29, 0.717) is 0 Å². The molecular weight excluding hydrogens is 236 g/mol. The summed E-state index contributed by atoms with van der Waals surface area (Å²) < 4.78 is 0. The van der Waals surface area contributed by atoms with Gasteiger partial charge in [-0.1, -0.05) is 18.2 Å². The van der Waals surface area contributed by atoms with E-state index in [2.05, 4.69) is 10.6 Å². The summed E-state index contributed by atoms with van der Waals surface area (Å²) in [6.45, 7) is 2.92. The maximum atomic E-state index is 12.2. The molecule has 3 heteroatoms. The summed E-state index contributed by atoms with van der Waals surface area (Å²) in [6.07, 6.45) is 1.02. The van der Waals surface area contributed by atoms with Crippen molar-refractivity contribution in [1.82, 2.24) is 0 Å². The van der Waals surface area contributed by atoms with E-state index < -0.39 is 0 Å². The second-order valence-corrected chi connectivity index (χ2v) is 4.82. The number of fused-ring (bicyclic) bond motifs is 1. The first-order valence-corrected chi connectivity index (χ1v) is 6.48. The lowest BCUT2D eigenvalue weighted by molar-refractivity contribution is 0.102. The van der Waals surface area contributed by atoms with Gasteiger partial charge in [0.25, 0.3) is 5.91 Å². The summed E-state index contributed by atoms with van der Waals surface area (Å²) in [5.74, 6) is -0.0518. The Bertz CT molecular complexity index is 634. The molecule has 1 amide bonds. The zero-order valence-electron chi connectivity index (χ0n) is 10.9. The van der Waals surface area contributed by atoms with Crippen LogP contribution in [-0.2, 0) is 6.42 Å². The molecule has 3 nitrogen and oxygen atoms in total. The Labute approximate surface area is 112 Å². The number of carbonyl (C=O) groups excluding carboxylic acids is 1. The summed E-state index contributed by atoms with van der Waals surface area (Å²) in [5.41, 5.74) is 5.01. The average molecular weight is 252 g/mol. The maximum absolute atomic E-state index is 12.2. The van der Waals surface area contributed by atoms with Gasteiger partial charge < -0.3 is 10.6 Å². The highest BCUT2D eigenvalue weighted by Gasteiger charge is 2.12. The molecule has 0 unspecified atom stereocenters. The van der Waals surface area contributed by atoms with Gasteiger partial charge in [0.1, 0.15) is 0 Å².